The first-order valence-corrected chi connectivity index (χ1v) is 7.39. The second-order valence-corrected chi connectivity index (χ2v) is 5.94. The maximum absolute atomic E-state index is 13.1. The maximum Gasteiger partial charge on any atom is 0.573 e. The van der Waals surface area contributed by atoms with Crippen molar-refractivity contribution in [1.29, 1.82) is 0 Å². The zero-order chi connectivity index (χ0) is 17.3. The predicted octanol–water partition coefficient (Wildman–Crippen LogP) is 3.66. The molecule has 0 saturated carbocycles. The Bertz CT molecular complexity index is 821. The molecule has 0 radical (unpaired) electrons. The molecule has 0 heterocycles. The Balaban J connectivity index is 2.27. The molecule has 0 atom stereocenters. The van der Waals surface area contributed by atoms with Gasteiger partial charge in [-0.2, -0.15) is 0 Å². The topological polar surface area (TPSA) is 55.4 Å². The molecule has 0 aliphatic heterocycles. The molecule has 0 aliphatic carbocycles. The molecule has 0 fully saturated rings. The molecule has 10 heteroatoms. The lowest BCUT2D eigenvalue weighted by molar-refractivity contribution is -0.274. The van der Waals surface area contributed by atoms with Gasteiger partial charge in [-0.3, -0.25) is 4.72 Å². The first-order chi connectivity index (χ1) is 10.6. The van der Waals surface area contributed by atoms with Crippen molar-refractivity contribution >= 4 is 15.7 Å². The molecule has 23 heavy (non-hydrogen) atoms. The van der Waals surface area contributed by atoms with Gasteiger partial charge in [0.1, 0.15) is 5.75 Å². The fraction of sp³-hybridized carbons (Fsp3) is 0.0769. The lowest BCUT2D eigenvalue weighted by Crippen LogP contribution is -2.17. The zero-order valence-electron chi connectivity index (χ0n) is 11.1. The molecule has 2 rings (SSSR count). The molecule has 0 unspecified atom stereocenters. The third-order valence-electron chi connectivity index (χ3n) is 2.52. The number of hydrogen-bond acceptors (Lipinski definition) is 3. The molecule has 4 nitrogen and oxygen atoms in total. The largest absolute Gasteiger partial charge is 0.573 e. The van der Waals surface area contributed by atoms with E-state index in [4.69, 9.17) is 0 Å². The average Bonchev–Trinajstić information content (AvgIpc) is 2.39. The van der Waals surface area contributed by atoms with Crippen molar-refractivity contribution in [3.05, 3.63) is 54.1 Å². The van der Waals surface area contributed by atoms with Crippen LogP contribution in [0.3, 0.4) is 0 Å². The minimum Gasteiger partial charge on any atom is -0.406 e. The molecule has 2 aromatic carbocycles. The van der Waals surface area contributed by atoms with Crippen LogP contribution in [0.2, 0.25) is 0 Å². The van der Waals surface area contributed by atoms with E-state index in [2.05, 4.69) is 4.74 Å². The van der Waals surface area contributed by atoms with Crippen LogP contribution in [0.25, 0.3) is 0 Å². The lowest BCUT2D eigenvalue weighted by Gasteiger charge is -2.12. The van der Waals surface area contributed by atoms with Crippen LogP contribution < -0.4 is 9.46 Å². The van der Waals surface area contributed by atoms with Crippen LogP contribution in [-0.4, -0.2) is 14.8 Å². The number of sulfonamides is 1. The van der Waals surface area contributed by atoms with Gasteiger partial charge in [0.2, 0.25) is 0 Å². The second kappa shape index (κ2) is 6.03. The molecule has 124 valence electrons. The van der Waals surface area contributed by atoms with Crippen molar-refractivity contribution in [1.82, 2.24) is 0 Å². The number of anilines is 1. The molecular formula is C13H8F5NO3S. The number of benzene rings is 2. The van der Waals surface area contributed by atoms with Gasteiger partial charge in [0.25, 0.3) is 10.0 Å². The van der Waals surface area contributed by atoms with Crippen LogP contribution in [-0.2, 0) is 10.0 Å². The molecule has 0 bridgehead atoms. The summed E-state index contributed by atoms with van der Waals surface area (Å²) in [5.74, 6) is -3.24. The van der Waals surface area contributed by atoms with Gasteiger partial charge in [0.05, 0.1) is 10.6 Å². The molecule has 1 N–H and O–H groups in total. The summed E-state index contributed by atoms with van der Waals surface area (Å²) >= 11 is 0. The third-order valence-corrected chi connectivity index (χ3v) is 3.90. The Hall–Kier alpha value is -2.36. The molecular weight excluding hydrogens is 345 g/mol. The van der Waals surface area contributed by atoms with Gasteiger partial charge in [-0.25, -0.2) is 17.2 Å². The van der Waals surface area contributed by atoms with Gasteiger partial charge in [-0.1, -0.05) is 6.07 Å². The SMILES string of the molecule is O=S(=O)(Nc1cccc(OC(F)(F)F)c1)c1ccc(F)c(F)c1. The first-order valence-electron chi connectivity index (χ1n) is 5.90. The third kappa shape index (κ3) is 4.55. The van der Waals surface area contributed by atoms with E-state index in [1.807, 2.05) is 4.72 Å². The molecule has 0 saturated heterocycles. The van der Waals surface area contributed by atoms with Crippen molar-refractivity contribution in [2.24, 2.45) is 0 Å². The smallest absolute Gasteiger partial charge is 0.406 e. The molecule has 0 aliphatic rings. The Morgan fingerprint density at radius 3 is 2.26 bits per heavy atom. The number of hydrogen-bond donors (Lipinski definition) is 1. The number of halogens is 5. The summed E-state index contributed by atoms with van der Waals surface area (Å²) in [7, 11) is -4.31. The van der Waals surface area contributed by atoms with Crippen LogP contribution in [0.1, 0.15) is 0 Å². The molecule has 0 aromatic heterocycles. The summed E-state index contributed by atoms with van der Waals surface area (Å²) in [6.07, 6.45) is -4.93. The normalized spacial score (nSPS) is 12.0. The zero-order valence-corrected chi connectivity index (χ0v) is 11.9. The van der Waals surface area contributed by atoms with E-state index < -0.39 is 38.7 Å². The summed E-state index contributed by atoms with van der Waals surface area (Å²) in [6, 6.07) is 5.95. The summed E-state index contributed by atoms with van der Waals surface area (Å²) in [5.41, 5.74) is -0.239. The van der Waals surface area contributed by atoms with E-state index in [-0.39, 0.29) is 5.69 Å². The van der Waals surface area contributed by atoms with Crippen LogP contribution in [0.15, 0.2) is 47.4 Å². The molecule has 0 spiro atoms. The van der Waals surface area contributed by atoms with Crippen molar-refractivity contribution < 1.29 is 35.1 Å². The highest BCUT2D eigenvalue weighted by molar-refractivity contribution is 7.92. The Morgan fingerprint density at radius 2 is 1.65 bits per heavy atom. The van der Waals surface area contributed by atoms with Crippen LogP contribution in [0.4, 0.5) is 27.6 Å². The predicted molar refractivity (Wildman–Crippen MR) is 70.3 cm³/mol. The highest BCUT2D eigenvalue weighted by atomic mass is 32.2. The standard InChI is InChI=1S/C13H8F5NO3S/c14-11-5-4-10(7-12(11)15)23(20,21)19-8-2-1-3-9(6-8)22-13(16,17)18/h1-7,19H. The van der Waals surface area contributed by atoms with Gasteiger partial charge in [-0.05, 0) is 30.3 Å². The summed E-state index contributed by atoms with van der Waals surface area (Å²) in [4.78, 5) is -0.585. The lowest BCUT2D eigenvalue weighted by atomic mass is 10.3. The van der Waals surface area contributed by atoms with E-state index in [0.717, 1.165) is 24.3 Å². The fourth-order valence-corrected chi connectivity index (χ4v) is 2.68. The quantitative estimate of drug-likeness (QED) is 0.854. The monoisotopic (exact) mass is 353 g/mol. The first kappa shape index (κ1) is 17.0. The minimum absolute atomic E-state index is 0.239. The second-order valence-electron chi connectivity index (χ2n) is 4.26. The van der Waals surface area contributed by atoms with Gasteiger partial charge < -0.3 is 4.74 Å². The Morgan fingerprint density at radius 1 is 0.957 bits per heavy atom. The van der Waals surface area contributed by atoms with E-state index in [0.29, 0.717) is 12.1 Å². The minimum atomic E-state index is -4.93. The summed E-state index contributed by atoms with van der Waals surface area (Å²) in [5, 5.41) is 0. The van der Waals surface area contributed by atoms with Gasteiger partial charge in [0.15, 0.2) is 11.6 Å². The fourth-order valence-electron chi connectivity index (χ4n) is 1.61. The number of nitrogens with one attached hydrogen (secondary N) is 1. The Labute approximate surface area is 127 Å². The van der Waals surface area contributed by atoms with E-state index in [1.165, 1.54) is 6.07 Å². The number of ether oxygens (including phenoxy) is 1. The van der Waals surface area contributed by atoms with Gasteiger partial charge in [0, 0.05) is 6.07 Å². The van der Waals surface area contributed by atoms with Gasteiger partial charge in [-0.15, -0.1) is 13.2 Å². The van der Waals surface area contributed by atoms with Crippen LogP contribution >= 0.6 is 0 Å². The van der Waals surface area contributed by atoms with Crippen molar-refractivity contribution in [2.75, 3.05) is 4.72 Å². The summed E-state index contributed by atoms with van der Waals surface area (Å²) < 4.78 is 91.9. The van der Waals surface area contributed by atoms with E-state index in [9.17, 15) is 30.4 Å². The van der Waals surface area contributed by atoms with Crippen molar-refractivity contribution in [3.8, 4) is 5.75 Å². The van der Waals surface area contributed by atoms with Crippen LogP contribution in [0.5, 0.6) is 5.75 Å². The molecule has 2 aromatic rings. The summed E-state index contributed by atoms with van der Waals surface area (Å²) in [6.45, 7) is 0. The van der Waals surface area contributed by atoms with Crippen molar-refractivity contribution in [3.63, 3.8) is 0 Å². The molecule has 0 amide bonds. The number of alkyl halides is 3. The average molecular weight is 353 g/mol. The maximum atomic E-state index is 13.1. The number of rotatable bonds is 4. The van der Waals surface area contributed by atoms with E-state index in [1.54, 1.807) is 0 Å². The van der Waals surface area contributed by atoms with Crippen LogP contribution in [0, 0.1) is 11.6 Å². The highest BCUT2D eigenvalue weighted by Gasteiger charge is 2.31. The highest BCUT2D eigenvalue weighted by Crippen LogP contribution is 2.26. The van der Waals surface area contributed by atoms with E-state index >= 15 is 0 Å². The van der Waals surface area contributed by atoms with Gasteiger partial charge >= 0.3 is 6.36 Å². The Kier molecular flexibility index (Phi) is 4.46. The van der Waals surface area contributed by atoms with Crippen molar-refractivity contribution in [2.45, 2.75) is 11.3 Å².